The molecule has 1 aliphatic carbocycles. The van der Waals surface area contributed by atoms with E-state index < -0.39 is 0 Å². The molecule has 4 rings (SSSR count). The quantitative estimate of drug-likeness (QED) is 0.779. The fourth-order valence-corrected chi connectivity index (χ4v) is 3.42. The lowest BCUT2D eigenvalue weighted by atomic mass is 9.94. The van der Waals surface area contributed by atoms with E-state index in [-0.39, 0.29) is 23.6 Å². The third kappa shape index (κ3) is 2.71. The number of aromatic nitrogens is 4. The van der Waals surface area contributed by atoms with Crippen LogP contribution >= 0.6 is 0 Å². The summed E-state index contributed by atoms with van der Waals surface area (Å²) in [5.74, 6) is 0.250. The van der Waals surface area contributed by atoms with Crippen LogP contribution in [0.5, 0.6) is 0 Å². The largest absolute Gasteiger partial charge is 0.345 e. The van der Waals surface area contributed by atoms with Crippen LogP contribution in [0.1, 0.15) is 40.3 Å². The summed E-state index contributed by atoms with van der Waals surface area (Å²) < 4.78 is 3.43. The van der Waals surface area contributed by atoms with Gasteiger partial charge in [0.1, 0.15) is 5.56 Å². The maximum atomic E-state index is 12.6. The fourth-order valence-electron chi connectivity index (χ4n) is 3.42. The summed E-state index contributed by atoms with van der Waals surface area (Å²) in [6.45, 7) is 0.213. The summed E-state index contributed by atoms with van der Waals surface area (Å²) in [7, 11) is 1.75. The molecule has 128 valence electrons. The molecule has 0 saturated heterocycles. The molecule has 1 aliphatic rings. The number of carbonyl (C=O) groups is 1. The number of aryl methyl sites for hydroxylation is 1. The minimum atomic E-state index is -0.373. The van der Waals surface area contributed by atoms with E-state index in [1.807, 2.05) is 28.8 Å². The number of nitrogens with one attached hydrogen (secondary N) is 1. The summed E-state index contributed by atoms with van der Waals surface area (Å²) in [5, 5.41) is 10.9. The molecule has 0 atom stereocenters. The van der Waals surface area contributed by atoms with Crippen molar-refractivity contribution in [3.8, 4) is 0 Å². The van der Waals surface area contributed by atoms with Gasteiger partial charge in [-0.05, 0) is 49.4 Å². The van der Waals surface area contributed by atoms with Crippen LogP contribution in [0.25, 0.3) is 5.65 Å². The summed E-state index contributed by atoms with van der Waals surface area (Å²) in [5.41, 5.74) is 2.82. The van der Waals surface area contributed by atoms with E-state index in [9.17, 15) is 9.59 Å². The Morgan fingerprint density at radius 2 is 2.08 bits per heavy atom. The minimum Gasteiger partial charge on any atom is -0.345 e. The van der Waals surface area contributed by atoms with Gasteiger partial charge in [0.05, 0.1) is 6.54 Å². The number of hydrogen-bond acceptors (Lipinski definition) is 4. The van der Waals surface area contributed by atoms with Crippen LogP contribution in [-0.4, -0.2) is 25.1 Å². The maximum Gasteiger partial charge on any atom is 0.263 e. The van der Waals surface area contributed by atoms with Gasteiger partial charge in [-0.15, -0.1) is 10.2 Å². The molecule has 0 radical (unpaired) electrons. The second-order valence-corrected chi connectivity index (χ2v) is 6.33. The zero-order chi connectivity index (χ0) is 17.4. The summed E-state index contributed by atoms with van der Waals surface area (Å²) in [6, 6.07) is 7.36. The first-order valence-electron chi connectivity index (χ1n) is 8.44. The highest BCUT2D eigenvalue weighted by Gasteiger charge is 2.19. The fraction of sp³-hybridized carbons (Fsp3) is 0.333. The Bertz CT molecular complexity index is 1020. The van der Waals surface area contributed by atoms with Crippen molar-refractivity contribution >= 4 is 11.6 Å². The first kappa shape index (κ1) is 15.6. The van der Waals surface area contributed by atoms with Gasteiger partial charge in [-0.2, -0.15) is 0 Å². The maximum absolute atomic E-state index is 12.6. The van der Waals surface area contributed by atoms with Crippen LogP contribution in [0.15, 0.2) is 35.3 Å². The average Bonchev–Trinajstić information content (AvgIpc) is 3.06. The predicted molar refractivity (Wildman–Crippen MR) is 92.5 cm³/mol. The molecule has 1 amide bonds. The Morgan fingerprint density at radius 1 is 1.24 bits per heavy atom. The third-order valence-electron chi connectivity index (χ3n) is 4.77. The van der Waals surface area contributed by atoms with Crippen LogP contribution in [0.2, 0.25) is 0 Å². The lowest BCUT2D eigenvalue weighted by Crippen LogP contribution is -2.34. The summed E-state index contributed by atoms with van der Waals surface area (Å²) >= 11 is 0. The zero-order valence-corrected chi connectivity index (χ0v) is 14.0. The molecular formula is C18H19N5O2. The molecule has 0 bridgehead atoms. The van der Waals surface area contributed by atoms with E-state index >= 15 is 0 Å². The molecule has 0 fully saturated rings. The predicted octanol–water partition coefficient (Wildman–Crippen LogP) is 1.24. The van der Waals surface area contributed by atoms with Gasteiger partial charge >= 0.3 is 0 Å². The first-order chi connectivity index (χ1) is 12.1. The SMILES string of the molecule is Cn1c2c(cc(C(=O)NCc3nnc4ccccn34)c1=O)CCCC2. The van der Waals surface area contributed by atoms with Gasteiger partial charge in [-0.1, -0.05) is 6.07 Å². The number of amides is 1. The molecule has 3 aromatic rings. The number of nitrogens with zero attached hydrogens (tertiary/aromatic N) is 4. The van der Waals surface area contributed by atoms with Crippen LogP contribution in [0.4, 0.5) is 0 Å². The number of carbonyl (C=O) groups excluding carboxylic acids is 1. The van der Waals surface area contributed by atoms with Gasteiger partial charge in [0, 0.05) is 18.9 Å². The second-order valence-electron chi connectivity index (χ2n) is 6.33. The van der Waals surface area contributed by atoms with Crippen molar-refractivity contribution in [2.75, 3.05) is 0 Å². The van der Waals surface area contributed by atoms with Crippen molar-refractivity contribution in [1.29, 1.82) is 0 Å². The molecule has 1 N–H and O–H groups in total. The Balaban J connectivity index is 1.59. The van der Waals surface area contributed by atoms with Crippen molar-refractivity contribution in [2.45, 2.75) is 32.2 Å². The lowest BCUT2D eigenvalue weighted by molar-refractivity contribution is 0.0947. The summed E-state index contributed by atoms with van der Waals surface area (Å²) in [6.07, 6.45) is 5.84. The second kappa shape index (κ2) is 6.16. The molecule has 0 spiro atoms. The number of pyridine rings is 2. The van der Waals surface area contributed by atoms with Gasteiger partial charge in [-0.3, -0.25) is 14.0 Å². The molecule has 3 aromatic heterocycles. The van der Waals surface area contributed by atoms with Gasteiger partial charge in [-0.25, -0.2) is 0 Å². The van der Waals surface area contributed by atoms with Crippen molar-refractivity contribution in [2.24, 2.45) is 7.05 Å². The first-order valence-corrected chi connectivity index (χ1v) is 8.44. The van der Waals surface area contributed by atoms with Crippen molar-refractivity contribution in [3.63, 3.8) is 0 Å². The molecule has 0 saturated carbocycles. The number of hydrogen-bond donors (Lipinski definition) is 1. The van der Waals surface area contributed by atoms with E-state index in [0.717, 1.165) is 42.6 Å². The van der Waals surface area contributed by atoms with Gasteiger partial charge < -0.3 is 9.88 Å². The Kier molecular flexibility index (Phi) is 3.83. The normalized spacial score (nSPS) is 13.6. The average molecular weight is 337 g/mol. The third-order valence-corrected chi connectivity index (χ3v) is 4.77. The van der Waals surface area contributed by atoms with E-state index in [1.165, 1.54) is 0 Å². The molecule has 3 heterocycles. The Hall–Kier alpha value is -2.96. The molecular weight excluding hydrogens is 318 g/mol. The van der Waals surface area contributed by atoms with Crippen LogP contribution in [-0.2, 0) is 26.4 Å². The highest BCUT2D eigenvalue weighted by Crippen LogP contribution is 2.20. The van der Waals surface area contributed by atoms with Gasteiger partial charge in [0.15, 0.2) is 11.5 Å². The van der Waals surface area contributed by atoms with E-state index in [4.69, 9.17) is 0 Å². The highest BCUT2D eigenvalue weighted by molar-refractivity contribution is 5.94. The molecule has 0 aliphatic heterocycles. The number of fused-ring (bicyclic) bond motifs is 2. The van der Waals surface area contributed by atoms with E-state index in [1.54, 1.807) is 17.7 Å². The lowest BCUT2D eigenvalue weighted by Gasteiger charge is -2.20. The van der Waals surface area contributed by atoms with Crippen LogP contribution in [0, 0.1) is 0 Å². The molecule has 0 unspecified atom stereocenters. The summed E-state index contributed by atoms with van der Waals surface area (Å²) in [4.78, 5) is 25.1. The Morgan fingerprint density at radius 3 is 2.96 bits per heavy atom. The van der Waals surface area contributed by atoms with Crippen LogP contribution < -0.4 is 10.9 Å². The monoisotopic (exact) mass is 337 g/mol. The topological polar surface area (TPSA) is 81.3 Å². The highest BCUT2D eigenvalue weighted by atomic mass is 16.2. The Labute approximate surface area is 144 Å². The van der Waals surface area contributed by atoms with E-state index in [0.29, 0.717) is 5.82 Å². The van der Waals surface area contributed by atoms with Gasteiger partial charge in [0.25, 0.3) is 11.5 Å². The van der Waals surface area contributed by atoms with Crippen molar-refractivity contribution < 1.29 is 4.79 Å². The zero-order valence-electron chi connectivity index (χ0n) is 14.0. The van der Waals surface area contributed by atoms with Crippen molar-refractivity contribution in [3.05, 3.63) is 63.5 Å². The smallest absolute Gasteiger partial charge is 0.263 e. The molecule has 0 aromatic carbocycles. The number of rotatable bonds is 3. The van der Waals surface area contributed by atoms with E-state index in [2.05, 4.69) is 15.5 Å². The minimum absolute atomic E-state index is 0.192. The van der Waals surface area contributed by atoms with Crippen LogP contribution in [0.3, 0.4) is 0 Å². The van der Waals surface area contributed by atoms with Gasteiger partial charge in [0.2, 0.25) is 0 Å². The molecule has 7 heteroatoms. The molecule has 7 nitrogen and oxygen atoms in total. The van der Waals surface area contributed by atoms with Crippen molar-refractivity contribution in [1.82, 2.24) is 24.5 Å². The standard InChI is InChI=1S/C18H19N5O2/c1-22-14-7-3-2-6-12(14)10-13(18(22)25)17(24)19-11-16-21-20-15-8-4-5-9-23(15)16/h4-5,8-10H,2-3,6-7,11H2,1H3,(H,19,24). The molecule has 25 heavy (non-hydrogen) atoms.